The van der Waals surface area contributed by atoms with Crippen LogP contribution in [0.2, 0.25) is 17.7 Å². The second-order valence-corrected chi connectivity index (χ2v) is 24.4. The van der Waals surface area contributed by atoms with Crippen molar-refractivity contribution in [3.05, 3.63) is 24.3 Å². The normalized spacial score (nSPS) is 25.1. The molecule has 0 aromatic heterocycles. The van der Waals surface area contributed by atoms with Crippen LogP contribution in [-0.4, -0.2) is 29.1 Å². The Kier molecular flexibility index (Phi) is 10.2. The molecule has 27 heavy (non-hydrogen) atoms. The predicted octanol–water partition coefficient (Wildman–Crippen LogP) is 8.14. The van der Waals surface area contributed by atoms with Gasteiger partial charge in [-0.3, -0.25) is 0 Å². The summed E-state index contributed by atoms with van der Waals surface area (Å²) in [7, 11) is 0. The Morgan fingerprint density at radius 1 is 1.04 bits per heavy atom. The second kappa shape index (κ2) is 10.9. The maximum absolute atomic E-state index is 11.4. The van der Waals surface area contributed by atoms with Crippen LogP contribution < -0.4 is 0 Å². The van der Waals surface area contributed by atoms with Gasteiger partial charge >= 0.3 is 175 Å². The van der Waals surface area contributed by atoms with Crippen molar-refractivity contribution in [2.75, 3.05) is 0 Å². The van der Waals surface area contributed by atoms with Gasteiger partial charge in [-0.1, -0.05) is 0 Å². The van der Waals surface area contributed by atoms with E-state index in [1.54, 1.807) is 13.3 Å². The van der Waals surface area contributed by atoms with Crippen molar-refractivity contribution in [1.82, 2.24) is 0 Å². The number of unbranched alkanes of at least 4 members (excludes halogenated alkanes) is 3. The van der Waals surface area contributed by atoms with E-state index in [1.807, 2.05) is 6.92 Å². The summed E-state index contributed by atoms with van der Waals surface area (Å²) in [5, 5.41) is 11.4. The fourth-order valence-electron chi connectivity index (χ4n) is 5.63. The van der Waals surface area contributed by atoms with Crippen LogP contribution in [0.4, 0.5) is 0 Å². The zero-order valence-corrected chi connectivity index (χ0v) is 22.3. The van der Waals surface area contributed by atoms with Gasteiger partial charge in [-0.25, -0.2) is 0 Å². The summed E-state index contributed by atoms with van der Waals surface area (Å²) < 4.78 is 6.05. The molecule has 0 radical (unpaired) electrons. The topological polar surface area (TPSA) is 20.2 Å². The molecule has 1 aliphatic rings. The maximum atomic E-state index is 11.4. The van der Waals surface area contributed by atoms with Gasteiger partial charge < -0.3 is 0 Å². The third-order valence-corrected chi connectivity index (χ3v) is 22.9. The van der Waals surface area contributed by atoms with Crippen molar-refractivity contribution >= 4 is 18.4 Å². The van der Waals surface area contributed by atoms with Gasteiger partial charge in [0.15, 0.2) is 0 Å². The minimum absolute atomic E-state index is 0.161. The second-order valence-electron chi connectivity index (χ2n) is 10.4. The fourth-order valence-corrected chi connectivity index (χ4v) is 23.7. The molecule has 2 atom stereocenters. The van der Waals surface area contributed by atoms with Crippen LogP contribution in [0.3, 0.4) is 0 Å². The standard InChI is InChI=1S/C13H21O.3C4H9.Sn/c1-9(2)7-13(14)8-12(5,6)10(3)11(13)4;3*1-3-4-2;/h10,14H,1,3-4,7-8H2,2,5-6H3;3*1,3-4H2,2H3;/t10-,13-;;;;/m1..../s1. The first kappa shape index (κ1) is 25.3. The quantitative estimate of drug-likeness (QED) is 0.207. The van der Waals surface area contributed by atoms with E-state index < -0.39 is 24.0 Å². The minimum atomic E-state index is -2.26. The van der Waals surface area contributed by atoms with Crippen molar-refractivity contribution in [3.8, 4) is 0 Å². The molecule has 0 spiro atoms. The first-order valence-electron chi connectivity index (χ1n) is 11.6. The molecule has 0 aromatic rings. The average Bonchev–Trinajstić information content (AvgIpc) is 2.74. The average molecular weight is 483 g/mol. The van der Waals surface area contributed by atoms with Gasteiger partial charge in [0.2, 0.25) is 0 Å². The Bertz CT molecular complexity index is 471. The number of hydrogen-bond donors (Lipinski definition) is 1. The molecule has 0 saturated heterocycles. The third kappa shape index (κ3) is 6.91. The number of rotatable bonds is 13. The van der Waals surface area contributed by atoms with Gasteiger partial charge in [-0.2, -0.15) is 0 Å². The Labute approximate surface area is 175 Å². The van der Waals surface area contributed by atoms with Crippen molar-refractivity contribution in [2.24, 2.45) is 11.3 Å². The third-order valence-electron chi connectivity index (χ3n) is 7.12. The number of hydrogen-bond acceptors (Lipinski definition) is 1. The van der Waals surface area contributed by atoms with Crippen molar-refractivity contribution < 1.29 is 5.11 Å². The molecular weight excluding hydrogens is 435 g/mol. The van der Waals surface area contributed by atoms with Crippen LogP contribution in [0.1, 0.15) is 92.9 Å². The molecule has 0 unspecified atom stereocenters. The van der Waals surface area contributed by atoms with Gasteiger partial charge in [0, 0.05) is 0 Å². The molecule has 0 aliphatic heterocycles. The summed E-state index contributed by atoms with van der Waals surface area (Å²) in [5.74, 6) is 0.503. The van der Waals surface area contributed by atoms with Crippen LogP contribution in [0.15, 0.2) is 24.3 Å². The molecule has 0 amide bonds. The molecule has 1 rings (SSSR count). The summed E-state index contributed by atoms with van der Waals surface area (Å²) >= 11 is -2.26. The van der Waals surface area contributed by atoms with Gasteiger partial charge in [-0.15, -0.1) is 0 Å². The number of aliphatic hydroxyl groups is 1. The molecule has 0 bridgehead atoms. The van der Waals surface area contributed by atoms with Gasteiger partial charge in [0.05, 0.1) is 0 Å². The van der Waals surface area contributed by atoms with Crippen molar-refractivity contribution in [2.45, 2.75) is 116 Å². The zero-order chi connectivity index (χ0) is 20.7. The molecule has 0 heterocycles. The summed E-state index contributed by atoms with van der Waals surface area (Å²) in [6.07, 6.45) is 9.76. The molecule has 1 nitrogen and oxygen atoms in total. The van der Waals surface area contributed by atoms with Crippen LogP contribution in [0.5, 0.6) is 0 Å². The van der Waals surface area contributed by atoms with E-state index in [4.69, 9.17) is 0 Å². The van der Waals surface area contributed by atoms with E-state index in [-0.39, 0.29) is 5.41 Å². The molecule has 0 aromatic carbocycles. The molecular formula is C25H48OSn. The van der Waals surface area contributed by atoms with Crippen LogP contribution >= 0.6 is 0 Å². The molecule has 1 N–H and O–H groups in total. The molecule has 2 heteroatoms. The van der Waals surface area contributed by atoms with Crippen molar-refractivity contribution in [3.63, 3.8) is 0 Å². The van der Waals surface area contributed by atoms with Crippen LogP contribution in [0.25, 0.3) is 0 Å². The van der Waals surface area contributed by atoms with Gasteiger partial charge in [0.25, 0.3) is 0 Å². The Morgan fingerprint density at radius 3 is 1.85 bits per heavy atom. The first-order valence-corrected chi connectivity index (χ1v) is 19.7. The Morgan fingerprint density at radius 2 is 1.48 bits per heavy atom. The Hall–Kier alpha value is 0.239. The van der Waals surface area contributed by atoms with Gasteiger partial charge in [0.1, 0.15) is 0 Å². The summed E-state index contributed by atoms with van der Waals surface area (Å²) in [4.78, 5) is 0. The predicted molar refractivity (Wildman–Crippen MR) is 125 cm³/mol. The van der Waals surface area contributed by atoms with Crippen molar-refractivity contribution in [1.29, 1.82) is 0 Å². The van der Waals surface area contributed by atoms with E-state index in [2.05, 4.69) is 47.8 Å². The Balaban J connectivity index is 3.15. The van der Waals surface area contributed by atoms with E-state index in [0.29, 0.717) is 12.3 Å². The molecule has 1 saturated carbocycles. The summed E-state index contributed by atoms with van der Waals surface area (Å²) in [6.45, 7) is 22.4. The van der Waals surface area contributed by atoms with E-state index in [0.717, 1.165) is 17.6 Å². The molecule has 158 valence electrons. The SMILES string of the molecule is C=C(C)C[C@@]1(O)CC(C)(C)[C@H]([CH2][Sn]([CH2]CCC)([CH2]CCC)[CH2]CCC)C1=C. The van der Waals surface area contributed by atoms with E-state index >= 15 is 0 Å². The summed E-state index contributed by atoms with van der Waals surface area (Å²) in [5.41, 5.74) is 1.65. The fraction of sp³-hybridized carbons (Fsp3) is 0.840. The van der Waals surface area contributed by atoms with E-state index in [1.165, 1.54) is 43.0 Å². The molecule has 1 aliphatic carbocycles. The zero-order valence-electron chi connectivity index (χ0n) is 19.4. The van der Waals surface area contributed by atoms with Crippen LogP contribution in [0, 0.1) is 11.3 Å². The summed E-state index contributed by atoms with van der Waals surface area (Å²) in [6, 6.07) is 0. The first-order chi connectivity index (χ1) is 12.6. The van der Waals surface area contributed by atoms with Gasteiger partial charge in [-0.05, 0) is 0 Å². The van der Waals surface area contributed by atoms with Crippen LogP contribution in [-0.2, 0) is 0 Å². The monoisotopic (exact) mass is 484 g/mol. The molecule has 1 fully saturated rings. The van der Waals surface area contributed by atoms with E-state index in [9.17, 15) is 5.11 Å².